The molecular formula is C80H149NO8P+. The van der Waals surface area contributed by atoms with E-state index in [2.05, 4.69) is 86.8 Å². The number of allylic oxidation sites excluding steroid dienone is 12. The molecule has 0 amide bonds. The number of likely N-dealkylation sites (N-methyl/N-ethyl adjacent to an activating group) is 1. The number of hydrogen-bond acceptors (Lipinski definition) is 7. The predicted octanol–water partition coefficient (Wildman–Crippen LogP) is 25.5. The zero-order valence-electron chi connectivity index (χ0n) is 60.1. The van der Waals surface area contributed by atoms with Crippen molar-refractivity contribution in [3.8, 4) is 0 Å². The minimum Gasteiger partial charge on any atom is -0.462 e. The Labute approximate surface area is 559 Å². The Bertz CT molecular complexity index is 1750. The molecule has 2 atom stereocenters. The Kier molecular flexibility index (Phi) is 68.8. The van der Waals surface area contributed by atoms with Gasteiger partial charge in [-0.25, -0.2) is 4.57 Å². The molecule has 90 heavy (non-hydrogen) atoms. The normalized spacial score (nSPS) is 13.4. The second-order valence-electron chi connectivity index (χ2n) is 27.4. The Balaban J connectivity index is 3.96. The molecule has 0 heterocycles. The number of hydrogen-bond donors (Lipinski definition) is 1. The molecule has 0 aromatic rings. The first-order valence-electron chi connectivity index (χ1n) is 38.7. The molecule has 0 aromatic carbocycles. The van der Waals surface area contributed by atoms with Gasteiger partial charge in [-0.1, -0.05) is 369 Å². The van der Waals surface area contributed by atoms with E-state index in [-0.39, 0.29) is 25.6 Å². The molecule has 0 bridgehead atoms. The summed E-state index contributed by atoms with van der Waals surface area (Å²) in [5.74, 6) is -0.784. The van der Waals surface area contributed by atoms with Crippen LogP contribution in [-0.4, -0.2) is 74.9 Å². The first kappa shape index (κ1) is 87.5. The number of nitrogens with zero attached hydrogens (tertiary/aromatic N) is 1. The van der Waals surface area contributed by atoms with E-state index in [1.54, 1.807) is 0 Å². The Morgan fingerprint density at radius 3 is 0.944 bits per heavy atom. The molecule has 0 radical (unpaired) electrons. The highest BCUT2D eigenvalue weighted by Gasteiger charge is 2.27. The van der Waals surface area contributed by atoms with E-state index in [4.69, 9.17) is 18.5 Å². The van der Waals surface area contributed by atoms with Crippen LogP contribution in [0, 0.1) is 0 Å². The van der Waals surface area contributed by atoms with Gasteiger partial charge in [0, 0.05) is 12.8 Å². The zero-order chi connectivity index (χ0) is 65.5. The van der Waals surface area contributed by atoms with Crippen LogP contribution in [0.5, 0.6) is 0 Å². The van der Waals surface area contributed by atoms with Crippen molar-refractivity contribution in [3.05, 3.63) is 72.9 Å². The van der Waals surface area contributed by atoms with Crippen molar-refractivity contribution in [2.75, 3.05) is 47.5 Å². The number of carbonyl (C=O) groups is 2. The van der Waals surface area contributed by atoms with Gasteiger partial charge in [-0.05, 0) is 64.2 Å². The number of unbranched alkanes of at least 4 members (excludes halogenated alkanes) is 46. The molecule has 0 saturated heterocycles. The van der Waals surface area contributed by atoms with Crippen LogP contribution in [0.3, 0.4) is 0 Å². The van der Waals surface area contributed by atoms with Gasteiger partial charge in [0.2, 0.25) is 0 Å². The fraction of sp³-hybridized carbons (Fsp3) is 0.825. The summed E-state index contributed by atoms with van der Waals surface area (Å²) in [6.45, 7) is 4.38. The lowest BCUT2D eigenvalue weighted by molar-refractivity contribution is -0.870. The van der Waals surface area contributed by atoms with E-state index in [9.17, 15) is 19.0 Å². The van der Waals surface area contributed by atoms with Crippen LogP contribution in [-0.2, 0) is 32.7 Å². The van der Waals surface area contributed by atoms with E-state index in [1.807, 2.05) is 21.1 Å². The predicted molar refractivity (Wildman–Crippen MR) is 390 cm³/mol. The maximum Gasteiger partial charge on any atom is 0.472 e. The van der Waals surface area contributed by atoms with Gasteiger partial charge in [0.15, 0.2) is 6.10 Å². The number of ether oxygens (including phenoxy) is 2. The monoisotopic (exact) mass is 1280 g/mol. The highest BCUT2D eigenvalue weighted by atomic mass is 31.2. The fourth-order valence-electron chi connectivity index (χ4n) is 11.4. The average molecular weight is 1280 g/mol. The number of phosphoric acid groups is 1. The first-order valence-corrected chi connectivity index (χ1v) is 40.2. The summed E-state index contributed by atoms with van der Waals surface area (Å²) in [6.07, 6.45) is 96.1. The van der Waals surface area contributed by atoms with Crippen molar-refractivity contribution < 1.29 is 42.1 Å². The number of phosphoric ester groups is 1. The molecular weight excluding hydrogens is 1130 g/mol. The molecule has 526 valence electrons. The van der Waals surface area contributed by atoms with Crippen LogP contribution < -0.4 is 0 Å². The third-order valence-electron chi connectivity index (χ3n) is 17.3. The second-order valence-corrected chi connectivity index (χ2v) is 28.8. The molecule has 0 fully saturated rings. The summed E-state index contributed by atoms with van der Waals surface area (Å²) in [5.41, 5.74) is 0. The quantitative estimate of drug-likeness (QED) is 0.0211. The first-order chi connectivity index (χ1) is 44.0. The van der Waals surface area contributed by atoms with Crippen LogP contribution in [0.1, 0.15) is 373 Å². The average Bonchev–Trinajstić information content (AvgIpc) is 3.58. The van der Waals surface area contributed by atoms with E-state index in [1.165, 1.54) is 263 Å². The van der Waals surface area contributed by atoms with Crippen molar-refractivity contribution in [1.82, 2.24) is 0 Å². The number of carbonyl (C=O) groups excluding carboxylic acids is 2. The summed E-state index contributed by atoms with van der Waals surface area (Å²) in [7, 11) is 1.49. The summed E-state index contributed by atoms with van der Waals surface area (Å²) in [4.78, 5) is 36.0. The molecule has 2 unspecified atom stereocenters. The Hall–Kier alpha value is -2.55. The fourth-order valence-corrected chi connectivity index (χ4v) is 12.1. The molecule has 0 aliphatic heterocycles. The van der Waals surface area contributed by atoms with Crippen LogP contribution >= 0.6 is 7.82 Å². The topological polar surface area (TPSA) is 108 Å². The number of esters is 2. The van der Waals surface area contributed by atoms with Gasteiger partial charge in [0.25, 0.3) is 0 Å². The summed E-state index contributed by atoms with van der Waals surface area (Å²) < 4.78 is 34.8. The smallest absolute Gasteiger partial charge is 0.462 e. The Morgan fingerprint density at radius 1 is 0.356 bits per heavy atom. The zero-order valence-corrected chi connectivity index (χ0v) is 61.0. The lowest BCUT2D eigenvalue weighted by Gasteiger charge is -2.24. The van der Waals surface area contributed by atoms with Gasteiger partial charge in [0.1, 0.15) is 19.8 Å². The maximum atomic E-state index is 12.9. The third kappa shape index (κ3) is 74.5. The summed E-state index contributed by atoms with van der Waals surface area (Å²) in [5, 5.41) is 0. The lowest BCUT2D eigenvalue weighted by atomic mass is 10.0. The highest BCUT2D eigenvalue weighted by Crippen LogP contribution is 2.43. The van der Waals surface area contributed by atoms with E-state index in [0.29, 0.717) is 23.9 Å². The van der Waals surface area contributed by atoms with Crippen molar-refractivity contribution >= 4 is 19.8 Å². The second kappa shape index (κ2) is 70.8. The van der Waals surface area contributed by atoms with Crippen molar-refractivity contribution in [3.63, 3.8) is 0 Å². The van der Waals surface area contributed by atoms with Crippen LogP contribution in [0.4, 0.5) is 0 Å². The van der Waals surface area contributed by atoms with Crippen molar-refractivity contribution in [1.29, 1.82) is 0 Å². The van der Waals surface area contributed by atoms with Crippen LogP contribution in [0.2, 0.25) is 0 Å². The van der Waals surface area contributed by atoms with Gasteiger partial charge in [0.05, 0.1) is 27.7 Å². The SMILES string of the molecule is CC/C=C\C/C=C\C/C=C\C/C=C\C/C=C\C/C=C\CCCCCCCCCCCCCCC(=O)OC(COC(=O)CCCCCCCCCCCCCCCCCCCCCCCCCCCCCCCCCCCCC)COP(=O)(O)OCC[N+](C)(C)C. The molecule has 0 aliphatic rings. The van der Waals surface area contributed by atoms with Gasteiger partial charge >= 0.3 is 19.8 Å². The van der Waals surface area contributed by atoms with Gasteiger partial charge < -0.3 is 18.9 Å². The number of rotatable bonds is 72. The van der Waals surface area contributed by atoms with Crippen molar-refractivity contribution in [2.45, 2.75) is 380 Å². The molecule has 10 heteroatoms. The molecule has 0 aliphatic carbocycles. The molecule has 0 saturated carbocycles. The maximum absolute atomic E-state index is 12.9. The largest absolute Gasteiger partial charge is 0.472 e. The van der Waals surface area contributed by atoms with E-state index >= 15 is 0 Å². The van der Waals surface area contributed by atoms with Crippen LogP contribution in [0.15, 0.2) is 72.9 Å². The molecule has 0 aromatic heterocycles. The minimum atomic E-state index is -4.40. The van der Waals surface area contributed by atoms with E-state index in [0.717, 1.165) is 77.0 Å². The molecule has 0 spiro atoms. The van der Waals surface area contributed by atoms with E-state index < -0.39 is 26.5 Å². The van der Waals surface area contributed by atoms with Gasteiger partial charge in [-0.2, -0.15) is 0 Å². The van der Waals surface area contributed by atoms with Crippen LogP contribution in [0.25, 0.3) is 0 Å². The summed E-state index contributed by atoms with van der Waals surface area (Å²) >= 11 is 0. The molecule has 9 nitrogen and oxygen atoms in total. The molecule has 1 N–H and O–H groups in total. The number of quaternary nitrogens is 1. The van der Waals surface area contributed by atoms with Gasteiger partial charge in [-0.3, -0.25) is 18.6 Å². The third-order valence-corrected chi connectivity index (χ3v) is 18.2. The van der Waals surface area contributed by atoms with Gasteiger partial charge in [-0.15, -0.1) is 0 Å². The highest BCUT2D eigenvalue weighted by molar-refractivity contribution is 7.47. The minimum absolute atomic E-state index is 0.0311. The lowest BCUT2D eigenvalue weighted by Crippen LogP contribution is -2.37. The molecule has 0 rings (SSSR count). The standard InChI is InChI=1S/C80H148NO8P/c1-6-8-10-12-14-16-18-20-22-24-26-28-30-32-34-36-38-39-40-41-43-44-46-48-50-52-54-56-58-60-62-64-66-68-70-72-79(82)86-76-78(77-88-90(84,85)87-75-74-81(3,4)5)89-80(83)73-71-69-67-65-63-61-59-57-55-53-51-49-47-45-42-37-35-33-31-29-27-25-23-21-19-17-15-13-11-9-7-2/h9,11,15,17,21,23,27,29,33,35,42,45,78H,6-8,10,12-14,16,18-20,22,24-26,28,30-32,34,36-41,43-44,46-77H2,1-5H3/p+1/b11-9-,17-15-,23-21-,29-27-,35-33-,45-42-. The van der Waals surface area contributed by atoms with Crippen molar-refractivity contribution in [2.24, 2.45) is 0 Å². The Morgan fingerprint density at radius 2 is 0.633 bits per heavy atom. The summed E-state index contributed by atoms with van der Waals surface area (Å²) in [6, 6.07) is 0.